The van der Waals surface area contributed by atoms with Crippen molar-refractivity contribution >= 4 is 33.0 Å². The Morgan fingerprint density at radius 3 is 2.72 bits per heavy atom. The molecule has 8 nitrogen and oxygen atoms in total. The van der Waals surface area contributed by atoms with E-state index in [4.69, 9.17) is 20.0 Å². The van der Waals surface area contributed by atoms with Crippen molar-refractivity contribution in [3.8, 4) is 17.4 Å². The molecule has 5 aromatic rings. The van der Waals surface area contributed by atoms with Crippen LogP contribution in [0.1, 0.15) is 44.5 Å². The standard InChI is InChI=1S/C27H22N4O4S/c1-34-19-10-8-18(9-11-19)31-23(27(33)35-30-31)24(32)25-22(28)20-14-17-13-16(15-5-3-2-4-6-15)7-12-21(17)29-26(20)36-25/h2-6,8-11,14,16H,7,12-13H2,1H3,(H2-,28,30,32,33). The SMILES string of the molecule is COc1ccc(-[n+]2noc([O-])c2C(=O)c2sc3nc4c(cc3c2N)CC(c2ccccc2)CC4)cc1. The van der Waals surface area contributed by atoms with Crippen LogP contribution in [0.5, 0.6) is 11.7 Å². The summed E-state index contributed by atoms with van der Waals surface area (Å²) in [4.78, 5) is 19.4. The topological polar surface area (TPSA) is 118 Å². The van der Waals surface area contributed by atoms with E-state index in [1.807, 2.05) is 6.07 Å². The van der Waals surface area contributed by atoms with E-state index in [1.54, 1.807) is 31.4 Å². The summed E-state index contributed by atoms with van der Waals surface area (Å²) >= 11 is 1.19. The molecular formula is C27H22N4O4S. The zero-order valence-corrected chi connectivity index (χ0v) is 20.2. The van der Waals surface area contributed by atoms with E-state index < -0.39 is 11.7 Å². The predicted octanol–water partition coefficient (Wildman–Crippen LogP) is 3.73. The van der Waals surface area contributed by atoms with Crippen LogP contribution in [-0.4, -0.2) is 23.1 Å². The van der Waals surface area contributed by atoms with Gasteiger partial charge in [-0.25, -0.2) is 4.98 Å². The first-order valence-corrected chi connectivity index (χ1v) is 12.4. The summed E-state index contributed by atoms with van der Waals surface area (Å²) in [6.45, 7) is 0. The normalized spacial score (nSPS) is 15.1. The molecule has 0 fully saturated rings. The number of benzene rings is 2. The Kier molecular flexibility index (Phi) is 5.41. The van der Waals surface area contributed by atoms with Gasteiger partial charge >= 0.3 is 5.69 Å². The molecule has 0 aliphatic heterocycles. The lowest BCUT2D eigenvalue weighted by molar-refractivity contribution is -0.672. The van der Waals surface area contributed by atoms with E-state index in [0.717, 1.165) is 35.9 Å². The van der Waals surface area contributed by atoms with E-state index in [1.165, 1.54) is 21.6 Å². The number of nitrogen functional groups attached to an aromatic ring is 1. The zero-order valence-electron chi connectivity index (χ0n) is 19.4. The number of ketones is 1. The van der Waals surface area contributed by atoms with Crippen LogP contribution >= 0.6 is 11.3 Å². The number of hydrogen-bond acceptors (Lipinski definition) is 8. The fourth-order valence-corrected chi connectivity index (χ4v) is 5.85. The summed E-state index contributed by atoms with van der Waals surface area (Å²) in [6.07, 6.45) is 2.75. The second kappa shape index (κ2) is 8.76. The number of pyridine rings is 1. The molecule has 0 radical (unpaired) electrons. The van der Waals surface area contributed by atoms with Gasteiger partial charge in [0.2, 0.25) is 5.69 Å². The third kappa shape index (κ3) is 3.68. The fraction of sp³-hybridized carbons (Fsp3) is 0.185. The Bertz CT molecular complexity index is 1590. The third-order valence-corrected chi connectivity index (χ3v) is 7.82. The van der Waals surface area contributed by atoms with Crippen LogP contribution < -0.4 is 20.3 Å². The molecular weight excluding hydrogens is 476 g/mol. The van der Waals surface area contributed by atoms with E-state index >= 15 is 0 Å². The van der Waals surface area contributed by atoms with Crippen LogP contribution in [0.4, 0.5) is 5.69 Å². The Balaban J connectivity index is 1.37. The molecule has 0 saturated carbocycles. The van der Waals surface area contributed by atoms with E-state index in [9.17, 15) is 9.90 Å². The molecule has 36 heavy (non-hydrogen) atoms. The van der Waals surface area contributed by atoms with Crippen molar-refractivity contribution in [1.82, 2.24) is 10.3 Å². The first-order valence-electron chi connectivity index (χ1n) is 11.6. The number of ether oxygens (including phenoxy) is 1. The van der Waals surface area contributed by atoms with Crippen molar-refractivity contribution in [3.05, 3.63) is 88.1 Å². The maximum atomic E-state index is 13.6. The Hall–Kier alpha value is -4.24. The Morgan fingerprint density at radius 2 is 1.97 bits per heavy atom. The number of hydrogen-bond donors (Lipinski definition) is 1. The van der Waals surface area contributed by atoms with Gasteiger partial charge in [-0.3, -0.25) is 4.79 Å². The molecule has 0 bridgehead atoms. The number of aromatic nitrogens is 3. The smallest absolute Gasteiger partial charge is 0.312 e. The van der Waals surface area contributed by atoms with Crippen molar-refractivity contribution in [1.29, 1.82) is 0 Å². The van der Waals surface area contributed by atoms with Gasteiger partial charge in [-0.1, -0.05) is 30.3 Å². The maximum Gasteiger partial charge on any atom is 0.312 e. The molecule has 2 N–H and O–H groups in total. The molecule has 0 amide bonds. The van der Waals surface area contributed by atoms with Crippen molar-refractivity contribution in [2.75, 3.05) is 12.8 Å². The number of fused-ring (bicyclic) bond motifs is 2. The van der Waals surface area contributed by atoms with Crippen LogP contribution in [0, 0.1) is 0 Å². The van der Waals surface area contributed by atoms with Crippen LogP contribution in [0.3, 0.4) is 0 Å². The highest BCUT2D eigenvalue weighted by atomic mass is 32.1. The van der Waals surface area contributed by atoms with Gasteiger partial charge in [0.05, 0.1) is 18.1 Å². The lowest BCUT2D eigenvalue weighted by atomic mass is 9.82. The Labute approximate surface area is 210 Å². The van der Waals surface area contributed by atoms with Crippen LogP contribution in [0.25, 0.3) is 15.9 Å². The molecule has 1 aliphatic carbocycles. The number of rotatable bonds is 5. The largest absolute Gasteiger partial charge is 0.539 e. The number of aryl methyl sites for hydroxylation is 1. The number of nitrogens with zero attached hydrogens (tertiary/aromatic N) is 3. The molecule has 1 aliphatic rings. The number of carbonyl (C=O) groups is 1. The zero-order chi connectivity index (χ0) is 24.8. The van der Waals surface area contributed by atoms with Crippen molar-refractivity contribution in [2.24, 2.45) is 0 Å². The summed E-state index contributed by atoms with van der Waals surface area (Å²) in [5.74, 6) is -0.318. The second-order valence-electron chi connectivity index (χ2n) is 8.79. The Morgan fingerprint density at radius 1 is 1.19 bits per heavy atom. The highest BCUT2D eigenvalue weighted by molar-refractivity contribution is 7.21. The van der Waals surface area contributed by atoms with Crippen molar-refractivity contribution in [3.63, 3.8) is 0 Å². The summed E-state index contributed by atoms with van der Waals surface area (Å²) < 4.78 is 11.2. The van der Waals surface area contributed by atoms with Gasteiger partial charge in [0.25, 0.3) is 5.78 Å². The van der Waals surface area contributed by atoms with Gasteiger partial charge in [-0.05, 0) is 59.2 Å². The number of methoxy groups -OCH3 is 1. The summed E-state index contributed by atoms with van der Waals surface area (Å²) in [6, 6.07) is 19.3. The van der Waals surface area contributed by atoms with Gasteiger partial charge in [0, 0.05) is 23.2 Å². The quantitative estimate of drug-likeness (QED) is 0.290. The maximum absolute atomic E-state index is 13.6. The minimum absolute atomic E-state index is 0.215. The minimum atomic E-state index is -0.828. The van der Waals surface area contributed by atoms with Gasteiger partial charge in [-0.2, -0.15) is 0 Å². The second-order valence-corrected chi connectivity index (χ2v) is 9.79. The number of anilines is 1. The van der Waals surface area contributed by atoms with E-state index in [0.29, 0.717) is 27.9 Å². The average Bonchev–Trinajstić information content (AvgIpc) is 3.46. The fourth-order valence-electron chi connectivity index (χ4n) is 4.81. The van der Waals surface area contributed by atoms with Gasteiger partial charge in [-0.15, -0.1) is 11.3 Å². The van der Waals surface area contributed by atoms with E-state index in [2.05, 4.69) is 35.6 Å². The van der Waals surface area contributed by atoms with Gasteiger partial charge in [0.15, 0.2) is 5.95 Å². The molecule has 180 valence electrons. The minimum Gasteiger partial charge on any atom is -0.539 e. The molecule has 3 aromatic heterocycles. The van der Waals surface area contributed by atoms with E-state index in [-0.39, 0.29) is 10.6 Å². The first-order chi connectivity index (χ1) is 17.5. The van der Waals surface area contributed by atoms with Crippen molar-refractivity contribution < 1.29 is 23.8 Å². The number of thiophene rings is 1. The molecule has 2 aromatic carbocycles. The average molecular weight is 499 g/mol. The lowest BCUT2D eigenvalue weighted by Gasteiger charge is -2.24. The molecule has 3 heterocycles. The molecule has 0 saturated heterocycles. The molecule has 9 heteroatoms. The van der Waals surface area contributed by atoms with Crippen LogP contribution in [0.2, 0.25) is 0 Å². The summed E-state index contributed by atoms with van der Waals surface area (Å²) in [5, 5.41) is 17.0. The molecule has 1 unspecified atom stereocenters. The summed E-state index contributed by atoms with van der Waals surface area (Å²) in [5.41, 5.74) is 10.6. The highest BCUT2D eigenvalue weighted by Gasteiger charge is 2.33. The van der Waals surface area contributed by atoms with Crippen LogP contribution in [-0.2, 0) is 12.8 Å². The van der Waals surface area contributed by atoms with Gasteiger partial charge in [0.1, 0.15) is 15.5 Å². The lowest BCUT2D eigenvalue weighted by Crippen LogP contribution is -2.39. The molecule has 1 atom stereocenters. The van der Waals surface area contributed by atoms with Gasteiger partial charge < -0.3 is 20.1 Å². The highest BCUT2D eigenvalue weighted by Crippen LogP contribution is 2.39. The number of nitrogens with two attached hydrogens (primary N) is 1. The molecule has 6 rings (SSSR count). The number of carbonyl (C=O) groups excluding carboxylic acids is 1. The third-order valence-electron chi connectivity index (χ3n) is 6.71. The summed E-state index contributed by atoms with van der Waals surface area (Å²) in [7, 11) is 1.56. The molecule has 0 spiro atoms. The van der Waals surface area contributed by atoms with Crippen molar-refractivity contribution in [2.45, 2.75) is 25.2 Å². The van der Waals surface area contributed by atoms with Crippen LogP contribution in [0.15, 0.2) is 65.2 Å². The monoisotopic (exact) mass is 498 g/mol. The predicted molar refractivity (Wildman–Crippen MR) is 133 cm³/mol. The first kappa shape index (κ1) is 22.2.